The van der Waals surface area contributed by atoms with E-state index in [1.165, 1.54) is 32.1 Å². The zero-order valence-electron chi connectivity index (χ0n) is 11.2. The zero-order valence-corrected chi connectivity index (χ0v) is 11.2. The third kappa shape index (κ3) is 4.24. The summed E-state index contributed by atoms with van der Waals surface area (Å²) in [5.41, 5.74) is 1.70. The number of carbonyl (C=O) groups excluding carboxylic acids is 1. The molecule has 0 saturated heterocycles. The lowest BCUT2D eigenvalue weighted by atomic mass is 9.95. The van der Waals surface area contributed by atoms with Crippen molar-refractivity contribution in [2.45, 2.75) is 38.1 Å². The van der Waals surface area contributed by atoms with E-state index >= 15 is 0 Å². The van der Waals surface area contributed by atoms with E-state index in [0.29, 0.717) is 18.2 Å². The van der Waals surface area contributed by atoms with Gasteiger partial charge in [0.05, 0.1) is 6.61 Å². The van der Waals surface area contributed by atoms with E-state index < -0.39 is 0 Å². The van der Waals surface area contributed by atoms with E-state index in [0.717, 1.165) is 5.69 Å². The predicted octanol–water partition coefficient (Wildman–Crippen LogP) is 2.15. The molecule has 0 bridgehead atoms. The highest BCUT2D eigenvalue weighted by Crippen LogP contribution is 2.21. The van der Waals surface area contributed by atoms with E-state index in [9.17, 15) is 4.79 Å². The molecule has 1 amide bonds. The molecule has 1 aliphatic carbocycles. The van der Waals surface area contributed by atoms with Crippen molar-refractivity contribution in [1.29, 1.82) is 0 Å². The minimum atomic E-state index is -0.140. The summed E-state index contributed by atoms with van der Waals surface area (Å²) in [5, 5.41) is 14.8. The molecular weight excluding hydrogens is 240 g/mol. The van der Waals surface area contributed by atoms with Crippen LogP contribution in [0.3, 0.4) is 0 Å². The van der Waals surface area contributed by atoms with Crippen LogP contribution in [-0.2, 0) is 0 Å². The molecule has 3 N–H and O–H groups in total. The largest absolute Gasteiger partial charge is 0.395 e. The maximum Gasteiger partial charge on any atom is 0.251 e. The second kappa shape index (κ2) is 7.14. The number of amides is 1. The first-order valence-electron chi connectivity index (χ1n) is 7.05. The number of carbonyl (C=O) groups is 1. The molecule has 1 aliphatic rings. The minimum absolute atomic E-state index is 0.0347. The third-order valence-corrected chi connectivity index (χ3v) is 3.52. The second-order valence-corrected chi connectivity index (χ2v) is 5.04. The van der Waals surface area contributed by atoms with Gasteiger partial charge in [0.15, 0.2) is 0 Å². The maximum absolute atomic E-state index is 11.7. The highest BCUT2D eigenvalue weighted by molar-refractivity contribution is 5.94. The van der Waals surface area contributed by atoms with Crippen molar-refractivity contribution in [2.75, 3.05) is 18.5 Å². The Labute approximate surface area is 114 Å². The second-order valence-electron chi connectivity index (χ2n) is 5.04. The van der Waals surface area contributed by atoms with Crippen LogP contribution in [0.5, 0.6) is 0 Å². The molecule has 1 saturated carbocycles. The summed E-state index contributed by atoms with van der Waals surface area (Å²) in [7, 11) is 0. The molecule has 2 rings (SSSR count). The van der Waals surface area contributed by atoms with Gasteiger partial charge in [-0.05, 0) is 37.1 Å². The lowest BCUT2D eigenvalue weighted by Crippen LogP contribution is -2.26. The summed E-state index contributed by atoms with van der Waals surface area (Å²) >= 11 is 0. The summed E-state index contributed by atoms with van der Waals surface area (Å²) in [4.78, 5) is 11.7. The van der Waals surface area contributed by atoms with Gasteiger partial charge in [-0.15, -0.1) is 0 Å². The van der Waals surface area contributed by atoms with Gasteiger partial charge in [-0.2, -0.15) is 0 Å². The molecule has 1 fully saturated rings. The van der Waals surface area contributed by atoms with Crippen molar-refractivity contribution >= 4 is 11.6 Å². The molecule has 4 nitrogen and oxygen atoms in total. The first-order chi connectivity index (χ1) is 9.29. The van der Waals surface area contributed by atoms with Gasteiger partial charge in [-0.25, -0.2) is 0 Å². The molecule has 0 heterocycles. The van der Waals surface area contributed by atoms with Gasteiger partial charge in [-0.3, -0.25) is 4.79 Å². The molecule has 1 aromatic carbocycles. The Kier molecular flexibility index (Phi) is 5.21. The molecule has 0 spiro atoms. The summed E-state index contributed by atoms with van der Waals surface area (Å²) < 4.78 is 0. The summed E-state index contributed by atoms with van der Waals surface area (Å²) in [6.07, 6.45) is 6.43. The Morgan fingerprint density at radius 1 is 1.16 bits per heavy atom. The van der Waals surface area contributed by atoms with Crippen molar-refractivity contribution in [1.82, 2.24) is 5.32 Å². The number of nitrogens with one attached hydrogen (secondary N) is 2. The number of anilines is 1. The van der Waals surface area contributed by atoms with E-state index in [4.69, 9.17) is 5.11 Å². The number of aliphatic hydroxyl groups is 1. The first kappa shape index (κ1) is 13.9. The highest BCUT2D eigenvalue weighted by Gasteiger charge is 2.13. The quantitative estimate of drug-likeness (QED) is 0.762. The number of hydrogen-bond acceptors (Lipinski definition) is 3. The molecule has 1 aromatic rings. The molecule has 4 heteroatoms. The van der Waals surface area contributed by atoms with Crippen LogP contribution in [0.15, 0.2) is 24.3 Å². The summed E-state index contributed by atoms with van der Waals surface area (Å²) in [6, 6.07) is 8.10. The Morgan fingerprint density at radius 2 is 1.84 bits per heavy atom. The maximum atomic E-state index is 11.7. The first-order valence-corrected chi connectivity index (χ1v) is 7.05. The minimum Gasteiger partial charge on any atom is -0.395 e. The van der Waals surface area contributed by atoms with Crippen molar-refractivity contribution in [3.63, 3.8) is 0 Å². The Bertz CT molecular complexity index is 397. The van der Waals surface area contributed by atoms with E-state index in [2.05, 4.69) is 10.6 Å². The standard InChI is InChI=1S/C15H22N2O2/c18-11-10-16-15(19)12-6-8-14(9-7-12)17-13-4-2-1-3-5-13/h6-9,13,17-18H,1-5,10-11H2,(H,16,19). The molecule has 104 valence electrons. The number of hydrogen-bond donors (Lipinski definition) is 3. The Morgan fingerprint density at radius 3 is 2.47 bits per heavy atom. The van der Waals surface area contributed by atoms with Crippen molar-refractivity contribution < 1.29 is 9.90 Å². The van der Waals surface area contributed by atoms with Crippen LogP contribution in [0.4, 0.5) is 5.69 Å². The van der Waals surface area contributed by atoms with Gasteiger partial charge in [0, 0.05) is 23.8 Å². The molecule has 0 aromatic heterocycles. The van der Waals surface area contributed by atoms with Gasteiger partial charge in [0.2, 0.25) is 0 Å². The van der Waals surface area contributed by atoms with E-state index in [1.807, 2.05) is 24.3 Å². The van der Waals surface area contributed by atoms with E-state index in [1.54, 1.807) is 0 Å². The van der Waals surface area contributed by atoms with Crippen LogP contribution >= 0.6 is 0 Å². The number of rotatable bonds is 5. The van der Waals surface area contributed by atoms with Crippen molar-refractivity contribution in [3.05, 3.63) is 29.8 Å². The highest BCUT2D eigenvalue weighted by atomic mass is 16.3. The van der Waals surface area contributed by atoms with Crippen molar-refractivity contribution in [2.24, 2.45) is 0 Å². The number of benzene rings is 1. The third-order valence-electron chi connectivity index (χ3n) is 3.52. The SMILES string of the molecule is O=C(NCCO)c1ccc(NC2CCCCC2)cc1. The lowest BCUT2D eigenvalue weighted by molar-refractivity contribution is 0.0945. The molecule has 0 atom stereocenters. The average molecular weight is 262 g/mol. The van der Waals surface area contributed by atoms with Crippen LogP contribution in [0, 0.1) is 0 Å². The van der Waals surface area contributed by atoms with Crippen LogP contribution in [0.25, 0.3) is 0 Å². The topological polar surface area (TPSA) is 61.4 Å². The zero-order chi connectivity index (χ0) is 13.5. The van der Waals surface area contributed by atoms with Gasteiger partial charge in [0.1, 0.15) is 0 Å². The van der Waals surface area contributed by atoms with Crippen molar-refractivity contribution in [3.8, 4) is 0 Å². The lowest BCUT2D eigenvalue weighted by Gasteiger charge is -2.23. The van der Waals surface area contributed by atoms with Gasteiger partial charge in [0.25, 0.3) is 5.91 Å². The Hall–Kier alpha value is -1.55. The monoisotopic (exact) mass is 262 g/mol. The van der Waals surface area contributed by atoms with E-state index in [-0.39, 0.29) is 12.5 Å². The normalized spacial score (nSPS) is 16.1. The fourth-order valence-electron chi connectivity index (χ4n) is 2.47. The summed E-state index contributed by atoms with van der Waals surface area (Å²) in [5.74, 6) is -0.140. The fourth-order valence-corrected chi connectivity index (χ4v) is 2.47. The summed E-state index contributed by atoms with van der Waals surface area (Å²) in [6.45, 7) is 0.258. The molecular formula is C15H22N2O2. The smallest absolute Gasteiger partial charge is 0.251 e. The van der Waals surface area contributed by atoms with Crippen LogP contribution < -0.4 is 10.6 Å². The van der Waals surface area contributed by atoms with Gasteiger partial charge in [-0.1, -0.05) is 19.3 Å². The molecule has 0 radical (unpaired) electrons. The fraction of sp³-hybridized carbons (Fsp3) is 0.533. The van der Waals surface area contributed by atoms with Crippen LogP contribution in [0.2, 0.25) is 0 Å². The average Bonchev–Trinajstić information content (AvgIpc) is 2.46. The number of aliphatic hydroxyl groups excluding tert-OH is 1. The molecule has 0 unspecified atom stereocenters. The van der Waals surface area contributed by atoms with Gasteiger partial charge < -0.3 is 15.7 Å². The molecule has 0 aliphatic heterocycles. The van der Waals surface area contributed by atoms with Gasteiger partial charge >= 0.3 is 0 Å². The molecule has 19 heavy (non-hydrogen) atoms. The van der Waals surface area contributed by atoms with Crippen LogP contribution in [-0.4, -0.2) is 30.2 Å². The van der Waals surface area contributed by atoms with Crippen LogP contribution in [0.1, 0.15) is 42.5 Å². The predicted molar refractivity (Wildman–Crippen MR) is 76.4 cm³/mol. The Balaban J connectivity index is 1.88.